The molecule has 1 aliphatic rings. The number of amides is 1. The van der Waals surface area contributed by atoms with E-state index in [2.05, 4.69) is 10.3 Å². The number of methoxy groups -OCH3 is 2. The monoisotopic (exact) mass is 431 g/mol. The van der Waals surface area contributed by atoms with Gasteiger partial charge in [-0.1, -0.05) is 24.3 Å². The third-order valence-electron chi connectivity index (χ3n) is 5.90. The first-order chi connectivity index (χ1) is 15.7. The van der Waals surface area contributed by atoms with E-state index in [0.29, 0.717) is 29.4 Å². The number of carbonyl (C=O) groups excluding carboxylic acids is 1. The average Bonchev–Trinajstić information content (AvgIpc) is 3.49. The van der Waals surface area contributed by atoms with Crippen molar-refractivity contribution < 1.29 is 19.0 Å². The minimum Gasteiger partial charge on any atom is -0.493 e. The van der Waals surface area contributed by atoms with Crippen molar-refractivity contribution in [2.24, 2.45) is 0 Å². The molecule has 1 atom stereocenters. The largest absolute Gasteiger partial charge is 0.493 e. The number of aromatic amines is 1. The number of carbonyl (C=O) groups is 1. The van der Waals surface area contributed by atoms with E-state index in [1.165, 1.54) is 0 Å². The summed E-state index contributed by atoms with van der Waals surface area (Å²) in [5.41, 5.74) is 3.55. The normalized spacial score (nSPS) is 15.9. The number of hydrogen-bond acceptors (Lipinski definition) is 5. The van der Waals surface area contributed by atoms with Crippen LogP contribution in [-0.2, 0) is 4.74 Å². The maximum absolute atomic E-state index is 13.1. The van der Waals surface area contributed by atoms with Gasteiger partial charge in [-0.25, -0.2) is 4.98 Å². The lowest BCUT2D eigenvalue weighted by molar-refractivity contribution is 0.0854. The zero-order chi connectivity index (χ0) is 22.1. The number of pyridine rings is 1. The van der Waals surface area contributed by atoms with Crippen molar-refractivity contribution in [3.63, 3.8) is 0 Å². The average molecular weight is 431 g/mol. The third kappa shape index (κ3) is 3.54. The molecule has 164 valence electrons. The van der Waals surface area contributed by atoms with Crippen molar-refractivity contribution in [2.45, 2.75) is 18.9 Å². The molecule has 3 heterocycles. The Balaban J connectivity index is 1.67. The Kier molecular flexibility index (Phi) is 5.41. The minimum absolute atomic E-state index is 0.0636. The van der Waals surface area contributed by atoms with Crippen LogP contribution in [0.15, 0.2) is 48.5 Å². The molecule has 2 aromatic heterocycles. The summed E-state index contributed by atoms with van der Waals surface area (Å²) in [6, 6.07) is 15.5. The summed E-state index contributed by atoms with van der Waals surface area (Å²) in [5.74, 6) is 0.944. The van der Waals surface area contributed by atoms with Crippen LogP contribution in [0.3, 0.4) is 0 Å². The molecule has 0 radical (unpaired) electrons. The number of benzene rings is 2. The van der Waals surface area contributed by atoms with Crippen molar-refractivity contribution in [3.8, 4) is 22.8 Å². The fraction of sp³-hybridized carbons (Fsp3) is 0.280. The first-order valence-corrected chi connectivity index (χ1v) is 10.7. The molecule has 7 nitrogen and oxygen atoms in total. The molecule has 2 N–H and O–H groups in total. The molecule has 0 spiro atoms. The molecule has 32 heavy (non-hydrogen) atoms. The molecule has 0 bridgehead atoms. The summed E-state index contributed by atoms with van der Waals surface area (Å²) >= 11 is 0. The van der Waals surface area contributed by atoms with Crippen LogP contribution in [0.1, 0.15) is 23.3 Å². The number of H-pyrrole nitrogens is 1. The van der Waals surface area contributed by atoms with E-state index in [1.807, 2.05) is 48.5 Å². The Morgan fingerprint density at radius 2 is 2.03 bits per heavy atom. The second kappa shape index (κ2) is 8.51. The summed E-state index contributed by atoms with van der Waals surface area (Å²) in [4.78, 5) is 21.3. The number of rotatable bonds is 6. The number of ether oxygens (including phenoxy) is 3. The molecular weight excluding hydrogens is 406 g/mol. The highest BCUT2D eigenvalue weighted by Gasteiger charge is 2.22. The summed E-state index contributed by atoms with van der Waals surface area (Å²) < 4.78 is 16.8. The minimum atomic E-state index is -0.226. The zero-order valence-electron chi connectivity index (χ0n) is 18.1. The Morgan fingerprint density at radius 3 is 2.81 bits per heavy atom. The van der Waals surface area contributed by atoms with E-state index >= 15 is 0 Å². The van der Waals surface area contributed by atoms with Gasteiger partial charge < -0.3 is 24.5 Å². The van der Waals surface area contributed by atoms with E-state index in [0.717, 1.165) is 46.8 Å². The molecule has 7 heteroatoms. The number of para-hydroxylation sites is 2. The third-order valence-corrected chi connectivity index (χ3v) is 5.90. The number of nitrogens with one attached hydrogen (secondary N) is 2. The molecular formula is C25H25N3O4. The van der Waals surface area contributed by atoms with E-state index in [-0.39, 0.29) is 12.0 Å². The first-order valence-electron chi connectivity index (χ1n) is 10.7. The number of fused-ring (bicyclic) bond motifs is 3. The lowest BCUT2D eigenvalue weighted by atomic mass is 10.0. The van der Waals surface area contributed by atoms with Gasteiger partial charge in [0.1, 0.15) is 5.69 Å². The lowest BCUT2D eigenvalue weighted by Crippen LogP contribution is -2.32. The summed E-state index contributed by atoms with van der Waals surface area (Å²) in [6.07, 6.45) is 2.05. The number of nitrogens with zero attached hydrogens (tertiary/aromatic N) is 1. The van der Waals surface area contributed by atoms with Gasteiger partial charge in [0.05, 0.1) is 31.5 Å². The summed E-state index contributed by atoms with van der Waals surface area (Å²) in [6.45, 7) is 1.23. The van der Waals surface area contributed by atoms with Crippen LogP contribution >= 0.6 is 0 Å². The van der Waals surface area contributed by atoms with Gasteiger partial charge in [-0.2, -0.15) is 0 Å². The highest BCUT2D eigenvalue weighted by atomic mass is 16.5. The van der Waals surface area contributed by atoms with Crippen LogP contribution in [0.2, 0.25) is 0 Å². The lowest BCUT2D eigenvalue weighted by Gasteiger charge is -2.14. The van der Waals surface area contributed by atoms with Crippen LogP contribution in [0, 0.1) is 0 Å². The Hall–Kier alpha value is -3.58. The Bertz CT molecular complexity index is 1290. The molecule has 5 rings (SSSR count). The standard InChI is InChI=1S/C25H25N3O4/c1-30-21-11-5-9-17(24(21)31-2)22-23-18(16-8-3-4-10-19(16)27-23)13-20(28-22)25(29)26-14-15-7-6-12-32-15/h3-5,8-11,13,15,27H,6-7,12,14H2,1-2H3,(H,26,29)/t15-/m1/s1. The van der Waals surface area contributed by atoms with Crippen LogP contribution < -0.4 is 14.8 Å². The molecule has 1 aliphatic heterocycles. The van der Waals surface area contributed by atoms with E-state index in [4.69, 9.17) is 19.2 Å². The van der Waals surface area contributed by atoms with E-state index in [9.17, 15) is 4.79 Å². The Morgan fingerprint density at radius 1 is 1.16 bits per heavy atom. The van der Waals surface area contributed by atoms with Crippen LogP contribution in [0.5, 0.6) is 11.5 Å². The van der Waals surface area contributed by atoms with Crippen molar-refractivity contribution >= 4 is 27.7 Å². The highest BCUT2D eigenvalue weighted by molar-refractivity contribution is 6.13. The van der Waals surface area contributed by atoms with Crippen molar-refractivity contribution in [1.29, 1.82) is 0 Å². The van der Waals surface area contributed by atoms with Crippen molar-refractivity contribution in [3.05, 3.63) is 54.2 Å². The summed E-state index contributed by atoms with van der Waals surface area (Å²) in [5, 5.41) is 4.94. The van der Waals surface area contributed by atoms with Gasteiger partial charge in [-0.3, -0.25) is 4.79 Å². The molecule has 0 saturated carbocycles. The predicted molar refractivity (Wildman–Crippen MR) is 123 cm³/mol. The molecule has 2 aromatic carbocycles. The summed E-state index contributed by atoms with van der Waals surface area (Å²) in [7, 11) is 3.20. The molecule has 0 unspecified atom stereocenters. The quantitative estimate of drug-likeness (QED) is 0.475. The highest BCUT2D eigenvalue weighted by Crippen LogP contribution is 2.41. The van der Waals surface area contributed by atoms with E-state index < -0.39 is 0 Å². The van der Waals surface area contributed by atoms with Gasteiger partial charge in [0.2, 0.25) is 0 Å². The second-order valence-corrected chi connectivity index (χ2v) is 7.84. The SMILES string of the molecule is COc1cccc(-c2nc(C(=O)NC[C@H]3CCCO3)cc3c2[nH]c2ccccc23)c1OC. The van der Waals surface area contributed by atoms with Crippen LogP contribution in [0.25, 0.3) is 33.1 Å². The smallest absolute Gasteiger partial charge is 0.270 e. The molecule has 4 aromatic rings. The topological polar surface area (TPSA) is 85.5 Å². The van der Waals surface area contributed by atoms with Crippen molar-refractivity contribution in [2.75, 3.05) is 27.4 Å². The van der Waals surface area contributed by atoms with Crippen LogP contribution in [0.4, 0.5) is 0 Å². The maximum atomic E-state index is 13.1. The fourth-order valence-electron chi connectivity index (χ4n) is 4.33. The second-order valence-electron chi connectivity index (χ2n) is 7.84. The van der Waals surface area contributed by atoms with Crippen molar-refractivity contribution in [1.82, 2.24) is 15.3 Å². The van der Waals surface area contributed by atoms with Gasteiger partial charge >= 0.3 is 0 Å². The van der Waals surface area contributed by atoms with Gasteiger partial charge in [-0.15, -0.1) is 0 Å². The maximum Gasteiger partial charge on any atom is 0.270 e. The fourth-order valence-corrected chi connectivity index (χ4v) is 4.33. The first kappa shape index (κ1) is 20.3. The van der Waals surface area contributed by atoms with Gasteiger partial charge in [-0.05, 0) is 37.1 Å². The predicted octanol–water partition coefficient (Wildman–Crippen LogP) is 4.31. The van der Waals surface area contributed by atoms with Gasteiger partial charge in [0.15, 0.2) is 11.5 Å². The van der Waals surface area contributed by atoms with Crippen LogP contribution in [-0.4, -0.2) is 49.4 Å². The van der Waals surface area contributed by atoms with Gasteiger partial charge in [0, 0.05) is 35.0 Å². The molecule has 1 saturated heterocycles. The molecule has 0 aliphatic carbocycles. The zero-order valence-corrected chi connectivity index (χ0v) is 18.1. The number of aromatic nitrogens is 2. The van der Waals surface area contributed by atoms with E-state index in [1.54, 1.807) is 14.2 Å². The van der Waals surface area contributed by atoms with Gasteiger partial charge in [0.25, 0.3) is 5.91 Å². The molecule has 1 fully saturated rings. The Labute approximate surface area is 185 Å². The number of hydrogen-bond donors (Lipinski definition) is 2. The molecule has 1 amide bonds.